The minimum Gasteiger partial charge on any atom is -0.380 e. The Balaban J connectivity index is 2.18. The third-order valence-corrected chi connectivity index (χ3v) is 4.13. The van der Waals surface area contributed by atoms with E-state index in [0.717, 1.165) is 16.7 Å². The van der Waals surface area contributed by atoms with Crippen molar-refractivity contribution < 1.29 is 0 Å². The molecule has 86 valence electrons. The third-order valence-electron chi connectivity index (χ3n) is 2.56. The van der Waals surface area contributed by atoms with Gasteiger partial charge in [-0.1, -0.05) is 6.07 Å². The van der Waals surface area contributed by atoms with Crippen LogP contribution >= 0.6 is 27.3 Å². The molecule has 2 nitrogen and oxygen atoms in total. The van der Waals surface area contributed by atoms with Crippen LogP contribution in [0.15, 0.2) is 33.4 Å². The second kappa shape index (κ2) is 5.35. The monoisotopic (exact) mass is 306 g/mol. The second-order valence-corrected chi connectivity index (χ2v) is 5.31. The van der Waals surface area contributed by atoms with Crippen LogP contribution in [-0.4, -0.2) is 0 Å². The zero-order valence-corrected chi connectivity index (χ0v) is 11.7. The van der Waals surface area contributed by atoms with Crippen molar-refractivity contribution in [2.75, 3.05) is 5.32 Å². The van der Waals surface area contributed by atoms with Crippen molar-refractivity contribution >= 4 is 33.0 Å². The maximum absolute atomic E-state index is 9.09. The fourth-order valence-corrected chi connectivity index (χ4v) is 2.86. The molecule has 2 rings (SSSR count). The van der Waals surface area contributed by atoms with Gasteiger partial charge in [-0.15, -0.1) is 0 Å². The first-order valence-electron chi connectivity index (χ1n) is 5.16. The van der Waals surface area contributed by atoms with Crippen LogP contribution in [0.25, 0.3) is 0 Å². The topological polar surface area (TPSA) is 35.8 Å². The van der Waals surface area contributed by atoms with Gasteiger partial charge in [0.2, 0.25) is 0 Å². The largest absolute Gasteiger partial charge is 0.380 e. The highest BCUT2D eigenvalue weighted by molar-refractivity contribution is 9.10. The summed E-state index contributed by atoms with van der Waals surface area (Å²) in [5, 5.41) is 16.7. The van der Waals surface area contributed by atoms with Crippen LogP contribution in [-0.2, 0) is 6.54 Å². The zero-order chi connectivity index (χ0) is 12.3. The van der Waals surface area contributed by atoms with Gasteiger partial charge >= 0.3 is 0 Å². The van der Waals surface area contributed by atoms with Gasteiger partial charge in [0, 0.05) is 11.0 Å². The van der Waals surface area contributed by atoms with Gasteiger partial charge < -0.3 is 5.32 Å². The van der Waals surface area contributed by atoms with E-state index >= 15 is 0 Å². The molecule has 1 heterocycles. The molecular weight excluding hydrogens is 296 g/mol. The first-order valence-corrected chi connectivity index (χ1v) is 6.90. The second-order valence-electron chi connectivity index (χ2n) is 3.71. The number of aryl methyl sites for hydroxylation is 1. The van der Waals surface area contributed by atoms with Gasteiger partial charge in [0.1, 0.15) is 6.07 Å². The molecule has 0 amide bonds. The van der Waals surface area contributed by atoms with Crippen LogP contribution in [0.2, 0.25) is 0 Å². The maximum Gasteiger partial charge on any atom is 0.103 e. The lowest BCUT2D eigenvalue weighted by atomic mass is 10.1. The normalized spacial score (nSPS) is 9.94. The van der Waals surface area contributed by atoms with Gasteiger partial charge in [-0.3, -0.25) is 0 Å². The Hall–Kier alpha value is -1.31. The van der Waals surface area contributed by atoms with Gasteiger partial charge in [0.15, 0.2) is 0 Å². The number of nitrogens with one attached hydrogen (secondary N) is 1. The Labute approximate surface area is 113 Å². The molecule has 0 atom stereocenters. The standard InChI is InChI=1S/C13H11BrN2S/c1-9-7-17-8-10(9)6-16-13-4-2-3-12(14)11(13)5-15/h2-4,7-8,16H,6H2,1H3. The average Bonchev–Trinajstić information content (AvgIpc) is 2.72. The Bertz CT molecular complexity index is 569. The summed E-state index contributed by atoms with van der Waals surface area (Å²) in [7, 11) is 0. The van der Waals surface area contributed by atoms with E-state index in [0.29, 0.717) is 5.56 Å². The highest BCUT2D eigenvalue weighted by Crippen LogP contribution is 2.24. The van der Waals surface area contributed by atoms with Crippen molar-refractivity contribution in [1.29, 1.82) is 5.26 Å². The lowest BCUT2D eigenvalue weighted by Crippen LogP contribution is -2.01. The summed E-state index contributed by atoms with van der Waals surface area (Å²) in [4.78, 5) is 0. The number of benzene rings is 1. The van der Waals surface area contributed by atoms with Crippen molar-refractivity contribution in [2.24, 2.45) is 0 Å². The van der Waals surface area contributed by atoms with Crippen LogP contribution in [0.5, 0.6) is 0 Å². The molecule has 17 heavy (non-hydrogen) atoms. The van der Waals surface area contributed by atoms with E-state index in [2.05, 4.69) is 45.0 Å². The lowest BCUT2D eigenvalue weighted by Gasteiger charge is -2.08. The van der Waals surface area contributed by atoms with Crippen LogP contribution < -0.4 is 5.32 Å². The summed E-state index contributed by atoms with van der Waals surface area (Å²) in [5.41, 5.74) is 4.09. The SMILES string of the molecule is Cc1cscc1CNc1cccc(Br)c1C#N. The number of anilines is 1. The molecule has 2 aromatic rings. The third kappa shape index (κ3) is 2.68. The molecular formula is C13H11BrN2S. The highest BCUT2D eigenvalue weighted by Gasteiger charge is 2.06. The summed E-state index contributed by atoms with van der Waals surface area (Å²) < 4.78 is 0.826. The number of rotatable bonds is 3. The Morgan fingerprint density at radius 2 is 2.24 bits per heavy atom. The molecule has 0 radical (unpaired) electrons. The molecule has 1 aromatic carbocycles. The van der Waals surface area contributed by atoms with Crippen LogP contribution in [0.1, 0.15) is 16.7 Å². The number of thiophene rings is 1. The minimum atomic E-state index is 0.653. The van der Waals surface area contributed by atoms with E-state index in [1.807, 2.05) is 18.2 Å². The molecule has 4 heteroatoms. The molecule has 0 saturated heterocycles. The summed E-state index contributed by atoms with van der Waals surface area (Å²) in [6.07, 6.45) is 0. The number of hydrogen-bond acceptors (Lipinski definition) is 3. The van der Waals surface area contributed by atoms with Crippen LogP contribution in [0.4, 0.5) is 5.69 Å². The number of nitrogens with zero attached hydrogens (tertiary/aromatic N) is 1. The number of nitriles is 1. The van der Waals surface area contributed by atoms with E-state index in [4.69, 9.17) is 5.26 Å². The van der Waals surface area contributed by atoms with Gasteiger partial charge in [-0.25, -0.2) is 0 Å². The van der Waals surface area contributed by atoms with E-state index < -0.39 is 0 Å². The van der Waals surface area contributed by atoms with E-state index in [-0.39, 0.29) is 0 Å². The molecule has 0 aliphatic heterocycles. The summed E-state index contributed by atoms with van der Waals surface area (Å²) in [5.74, 6) is 0. The van der Waals surface area contributed by atoms with Crippen molar-refractivity contribution in [3.05, 3.63) is 50.1 Å². The van der Waals surface area contributed by atoms with E-state index in [9.17, 15) is 0 Å². The summed E-state index contributed by atoms with van der Waals surface area (Å²) in [6.45, 7) is 2.85. The molecule has 1 aromatic heterocycles. The Morgan fingerprint density at radius 3 is 2.88 bits per heavy atom. The first kappa shape index (κ1) is 12.2. The smallest absolute Gasteiger partial charge is 0.103 e. The summed E-state index contributed by atoms with van der Waals surface area (Å²) >= 11 is 5.08. The van der Waals surface area contributed by atoms with E-state index in [1.165, 1.54) is 11.1 Å². The molecule has 0 saturated carbocycles. The molecule has 0 spiro atoms. The quantitative estimate of drug-likeness (QED) is 0.917. The molecule has 1 N–H and O–H groups in total. The predicted octanol–water partition coefficient (Wildman–Crippen LogP) is 4.30. The Morgan fingerprint density at radius 1 is 1.41 bits per heavy atom. The average molecular weight is 307 g/mol. The number of hydrogen-bond donors (Lipinski definition) is 1. The van der Waals surface area contributed by atoms with Crippen molar-refractivity contribution in [1.82, 2.24) is 0 Å². The fourth-order valence-electron chi connectivity index (χ4n) is 1.54. The Kier molecular flexibility index (Phi) is 3.82. The van der Waals surface area contributed by atoms with Gasteiger partial charge in [0.05, 0.1) is 11.3 Å². The molecule has 0 bridgehead atoms. The first-order chi connectivity index (χ1) is 8.22. The molecule has 0 fully saturated rings. The van der Waals surface area contributed by atoms with Crippen LogP contribution in [0, 0.1) is 18.3 Å². The van der Waals surface area contributed by atoms with Gasteiger partial charge in [-0.2, -0.15) is 16.6 Å². The van der Waals surface area contributed by atoms with Gasteiger partial charge in [-0.05, 0) is 56.9 Å². The minimum absolute atomic E-state index is 0.653. The highest BCUT2D eigenvalue weighted by atomic mass is 79.9. The lowest BCUT2D eigenvalue weighted by molar-refractivity contribution is 1.13. The van der Waals surface area contributed by atoms with Crippen molar-refractivity contribution in [2.45, 2.75) is 13.5 Å². The molecule has 0 aliphatic carbocycles. The van der Waals surface area contributed by atoms with E-state index in [1.54, 1.807) is 11.3 Å². The molecule has 0 aliphatic rings. The van der Waals surface area contributed by atoms with Crippen molar-refractivity contribution in [3.63, 3.8) is 0 Å². The van der Waals surface area contributed by atoms with Gasteiger partial charge in [0.25, 0.3) is 0 Å². The zero-order valence-electron chi connectivity index (χ0n) is 9.33. The molecule has 0 unspecified atom stereocenters. The summed E-state index contributed by atoms with van der Waals surface area (Å²) in [6, 6.07) is 7.92. The fraction of sp³-hybridized carbons (Fsp3) is 0.154. The predicted molar refractivity (Wildman–Crippen MR) is 75.2 cm³/mol. The number of halogens is 1. The van der Waals surface area contributed by atoms with Crippen LogP contribution in [0.3, 0.4) is 0 Å². The van der Waals surface area contributed by atoms with Crippen molar-refractivity contribution in [3.8, 4) is 6.07 Å². The maximum atomic E-state index is 9.09.